The summed E-state index contributed by atoms with van der Waals surface area (Å²) in [5, 5.41) is 6.62. The van der Waals surface area contributed by atoms with Crippen LogP contribution in [0.4, 0.5) is 11.4 Å². The molecular weight excluding hydrogens is 360 g/mol. The van der Waals surface area contributed by atoms with Crippen molar-refractivity contribution in [2.75, 3.05) is 16.4 Å². The highest BCUT2D eigenvalue weighted by molar-refractivity contribution is 7.99. The van der Waals surface area contributed by atoms with Crippen LogP contribution in [0.2, 0.25) is 0 Å². The van der Waals surface area contributed by atoms with Gasteiger partial charge >= 0.3 is 0 Å². The van der Waals surface area contributed by atoms with Gasteiger partial charge in [-0.05, 0) is 36.4 Å². The van der Waals surface area contributed by atoms with E-state index in [0.29, 0.717) is 11.3 Å². The first-order chi connectivity index (χ1) is 13.1. The Morgan fingerprint density at radius 2 is 1.67 bits per heavy atom. The smallest absolute Gasteiger partial charge is 0.255 e. The van der Waals surface area contributed by atoms with Gasteiger partial charge in [-0.1, -0.05) is 23.9 Å². The zero-order valence-corrected chi connectivity index (χ0v) is 15.5. The molecule has 2 aromatic carbocycles. The van der Waals surface area contributed by atoms with Crippen molar-refractivity contribution in [2.24, 2.45) is 0 Å². The minimum absolute atomic E-state index is 0.145. The van der Waals surface area contributed by atoms with Crippen LogP contribution in [-0.4, -0.2) is 27.1 Å². The van der Waals surface area contributed by atoms with Crippen LogP contribution >= 0.6 is 11.8 Å². The second-order valence-electron chi connectivity index (χ2n) is 6.24. The summed E-state index contributed by atoms with van der Waals surface area (Å²) < 4.78 is 2.17. The van der Waals surface area contributed by atoms with Crippen molar-refractivity contribution in [3.63, 3.8) is 0 Å². The number of rotatable bonds is 4. The van der Waals surface area contributed by atoms with Gasteiger partial charge < -0.3 is 15.2 Å². The number of benzene rings is 2. The summed E-state index contributed by atoms with van der Waals surface area (Å²) >= 11 is 1.77. The van der Waals surface area contributed by atoms with Crippen LogP contribution in [0.5, 0.6) is 0 Å². The summed E-state index contributed by atoms with van der Waals surface area (Å²) in [5.74, 6) is 0.739. The van der Waals surface area contributed by atoms with Crippen molar-refractivity contribution in [3.8, 4) is 11.3 Å². The summed E-state index contributed by atoms with van der Waals surface area (Å²) in [5.41, 5.74) is 3.87. The number of imidazole rings is 1. The topological polar surface area (TPSA) is 76.0 Å². The molecule has 0 fully saturated rings. The van der Waals surface area contributed by atoms with E-state index in [1.807, 2.05) is 24.3 Å². The van der Waals surface area contributed by atoms with Gasteiger partial charge in [0, 0.05) is 47.9 Å². The first-order valence-corrected chi connectivity index (χ1v) is 9.56. The molecule has 0 spiro atoms. The van der Waals surface area contributed by atoms with Gasteiger partial charge in [-0.25, -0.2) is 4.98 Å². The van der Waals surface area contributed by atoms with E-state index in [1.54, 1.807) is 36.0 Å². The Kier molecular flexibility index (Phi) is 4.68. The average molecular weight is 378 g/mol. The summed E-state index contributed by atoms with van der Waals surface area (Å²) in [4.78, 5) is 28.1. The third-order valence-corrected chi connectivity index (χ3v) is 5.18. The number of aryl methyl sites for hydroxylation is 1. The molecule has 0 unspecified atom stereocenters. The van der Waals surface area contributed by atoms with E-state index in [0.717, 1.165) is 34.4 Å². The van der Waals surface area contributed by atoms with Crippen molar-refractivity contribution in [1.29, 1.82) is 0 Å². The van der Waals surface area contributed by atoms with Gasteiger partial charge in [0.1, 0.15) is 0 Å². The fraction of sp³-hybridized carbons (Fsp3) is 0.150. The number of nitrogens with one attached hydrogen (secondary N) is 2. The maximum atomic E-state index is 12.4. The normalized spacial score (nSPS) is 12.5. The first-order valence-electron chi connectivity index (χ1n) is 8.58. The van der Waals surface area contributed by atoms with Crippen molar-refractivity contribution >= 4 is 35.0 Å². The van der Waals surface area contributed by atoms with Crippen LogP contribution in [0, 0.1) is 0 Å². The molecule has 0 saturated carbocycles. The molecule has 4 rings (SSSR count). The first kappa shape index (κ1) is 17.4. The molecule has 2 amide bonds. The summed E-state index contributed by atoms with van der Waals surface area (Å²) in [6.45, 7) is 2.45. The van der Waals surface area contributed by atoms with Crippen LogP contribution in [-0.2, 0) is 11.3 Å². The Morgan fingerprint density at radius 3 is 2.33 bits per heavy atom. The van der Waals surface area contributed by atoms with Crippen molar-refractivity contribution in [3.05, 3.63) is 60.3 Å². The van der Waals surface area contributed by atoms with Crippen LogP contribution in [0.1, 0.15) is 17.3 Å². The SMILES string of the molecule is CC(=O)Nc1ccc(C(=O)Nc2ccc(-c3cn4c(n3)SCC4)cc2)cc1. The number of carbonyl (C=O) groups excluding carboxylic acids is 2. The molecule has 0 radical (unpaired) electrons. The maximum Gasteiger partial charge on any atom is 0.255 e. The molecule has 136 valence electrons. The largest absolute Gasteiger partial charge is 0.326 e. The molecule has 2 N–H and O–H groups in total. The van der Waals surface area contributed by atoms with E-state index in [2.05, 4.69) is 26.4 Å². The number of anilines is 2. The lowest BCUT2D eigenvalue weighted by molar-refractivity contribution is -0.114. The number of hydrogen-bond acceptors (Lipinski definition) is 4. The van der Waals surface area contributed by atoms with Crippen LogP contribution in [0.15, 0.2) is 59.9 Å². The van der Waals surface area contributed by atoms with E-state index in [-0.39, 0.29) is 11.8 Å². The van der Waals surface area contributed by atoms with Gasteiger partial charge in [0.25, 0.3) is 5.91 Å². The monoisotopic (exact) mass is 378 g/mol. The van der Waals surface area contributed by atoms with Gasteiger partial charge in [-0.2, -0.15) is 0 Å². The highest BCUT2D eigenvalue weighted by Gasteiger charge is 2.15. The minimum atomic E-state index is -0.200. The molecule has 0 saturated heterocycles. The van der Waals surface area contributed by atoms with Gasteiger partial charge in [0.05, 0.1) is 5.69 Å². The average Bonchev–Trinajstić information content (AvgIpc) is 3.24. The molecule has 0 aliphatic carbocycles. The molecule has 1 aromatic heterocycles. The number of thioether (sulfide) groups is 1. The number of aromatic nitrogens is 2. The molecule has 0 bridgehead atoms. The molecular formula is C20H18N4O2S. The van der Waals surface area contributed by atoms with E-state index < -0.39 is 0 Å². The molecule has 1 aliphatic rings. The lowest BCUT2D eigenvalue weighted by Crippen LogP contribution is -2.12. The predicted octanol–water partition coefficient (Wildman–Crippen LogP) is 3.87. The summed E-state index contributed by atoms with van der Waals surface area (Å²) in [6.07, 6.45) is 2.07. The Balaban J connectivity index is 1.43. The lowest BCUT2D eigenvalue weighted by Gasteiger charge is -2.07. The van der Waals surface area contributed by atoms with Crippen LogP contribution < -0.4 is 10.6 Å². The number of nitrogens with zero attached hydrogens (tertiary/aromatic N) is 2. The Bertz CT molecular complexity index is 972. The lowest BCUT2D eigenvalue weighted by atomic mass is 10.1. The molecule has 3 aromatic rings. The van der Waals surface area contributed by atoms with Gasteiger partial charge in [0.15, 0.2) is 5.16 Å². The third kappa shape index (κ3) is 3.88. The molecule has 6 nitrogen and oxygen atoms in total. The van der Waals surface area contributed by atoms with Gasteiger partial charge in [0.2, 0.25) is 5.91 Å². The van der Waals surface area contributed by atoms with Crippen LogP contribution in [0.3, 0.4) is 0 Å². The second-order valence-corrected chi connectivity index (χ2v) is 7.30. The molecule has 7 heteroatoms. The van der Waals surface area contributed by atoms with E-state index in [1.165, 1.54) is 6.92 Å². The van der Waals surface area contributed by atoms with Crippen LogP contribution in [0.25, 0.3) is 11.3 Å². The number of amides is 2. The van der Waals surface area contributed by atoms with E-state index in [9.17, 15) is 9.59 Å². The zero-order chi connectivity index (χ0) is 18.8. The fourth-order valence-electron chi connectivity index (χ4n) is 2.88. The number of fused-ring (bicyclic) bond motifs is 1. The van der Waals surface area contributed by atoms with Crippen molar-refractivity contribution < 1.29 is 9.59 Å². The van der Waals surface area contributed by atoms with Gasteiger partial charge in [-0.15, -0.1) is 0 Å². The maximum absolute atomic E-state index is 12.4. The Morgan fingerprint density at radius 1 is 1.00 bits per heavy atom. The van der Waals surface area contributed by atoms with Crippen molar-refractivity contribution in [1.82, 2.24) is 9.55 Å². The number of carbonyl (C=O) groups is 2. The highest BCUT2D eigenvalue weighted by atomic mass is 32.2. The Labute approximate surface area is 161 Å². The Hall–Kier alpha value is -3.06. The predicted molar refractivity (Wildman–Crippen MR) is 107 cm³/mol. The fourth-order valence-corrected chi connectivity index (χ4v) is 3.83. The van der Waals surface area contributed by atoms with E-state index in [4.69, 9.17) is 0 Å². The van der Waals surface area contributed by atoms with Crippen molar-refractivity contribution in [2.45, 2.75) is 18.6 Å². The van der Waals surface area contributed by atoms with E-state index >= 15 is 0 Å². The third-order valence-electron chi connectivity index (χ3n) is 4.21. The molecule has 1 aliphatic heterocycles. The standard InChI is InChI=1S/C20H18N4O2S/c1-13(25)21-16-8-4-15(5-9-16)19(26)22-17-6-2-14(3-7-17)18-12-24-10-11-27-20(24)23-18/h2-9,12H,10-11H2,1H3,(H,21,25)(H,22,26). The minimum Gasteiger partial charge on any atom is -0.326 e. The zero-order valence-electron chi connectivity index (χ0n) is 14.7. The highest BCUT2D eigenvalue weighted by Crippen LogP contribution is 2.29. The molecule has 27 heavy (non-hydrogen) atoms. The van der Waals surface area contributed by atoms with Gasteiger partial charge in [-0.3, -0.25) is 9.59 Å². The summed E-state index contributed by atoms with van der Waals surface area (Å²) in [7, 11) is 0. The molecule has 0 atom stereocenters. The number of hydrogen-bond donors (Lipinski definition) is 2. The molecule has 2 heterocycles. The summed E-state index contributed by atoms with van der Waals surface area (Å²) in [6, 6.07) is 14.4. The second kappa shape index (κ2) is 7.28. The quantitative estimate of drug-likeness (QED) is 0.723.